The maximum absolute atomic E-state index is 12.6. The summed E-state index contributed by atoms with van der Waals surface area (Å²) in [6.45, 7) is 4.99. The number of nitrogens with zero attached hydrogens (tertiary/aromatic N) is 3. The van der Waals surface area contributed by atoms with Crippen LogP contribution in [0.3, 0.4) is 0 Å². The fourth-order valence-electron chi connectivity index (χ4n) is 4.40. The molecule has 0 atom stereocenters. The average Bonchev–Trinajstić information content (AvgIpc) is 3.18. The van der Waals surface area contributed by atoms with Crippen molar-refractivity contribution in [1.29, 1.82) is 0 Å². The molecule has 0 fully saturated rings. The lowest BCUT2D eigenvalue weighted by Crippen LogP contribution is -2.06. The second-order valence-electron chi connectivity index (χ2n) is 8.80. The lowest BCUT2D eigenvalue weighted by molar-refractivity contribution is 0.0979. The van der Waals surface area contributed by atoms with E-state index >= 15 is 0 Å². The summed E-state index contributed by atoms with van der Waals surface area (Å²) in [5.41, 5.74) is 17.4. The Bertz CT molecular complexity index is 1290. The topological polar surface area (TPSA) is 99.8 Å². The minimum atomic E-state index is 0.180. The Hall–Kier alpha value is -3.41. The molecule has 172 valence electrons. The number of aromatic nitrogens is 3. The minimum absolute atomic E-state index is 0.180. The van der Waals surface area contributed by atoms with E-state index in [9.17, 15) is 4.79 Å². The van der Waals surface area contributed by atoms with Crippen LogP contribution < -0.4 is 11.5 Å². The summed E-state index contributed by atoms with van der Waals surface area (Å²) < 4.78 is 2.33. The molecule has 0 unspecified atom stereocenters. The Morgan fingerprint density at radius 1 is 1.00 bits per heavy atom. The van der Waals surface area contributed by atoms with Gasteiger partial charge in [0.15, 0.2) is 11.6 Å². The first kappa shape index (κ1) is 22.8. The molecule has 2 heterocycles. The van der Waals surface area contributed by atoms with Gasteiger partial charge in [-0.2, -0.15) is 0 Å². The predicted molar refractivity (Wildman–Crippen MR) is 136 cm³/mol. The monoisotopic (exact) mass is 443 g/mol. The van der Waals surface area contributed by atoms with E-state index in [0.717, 1.165) is 89.6 Å². The minimum Gasteiger partial charge on any atom is -0.399 e. The summed E-state index contributed by atoms with van der Waals surface area (Å²) in [7, 11) is 0. The first-order valence-corrected chi connectivity index (χ1v) is 11.9. The summed E-state index contributed by atoms with van der Waals surface area (Å²) in [4.78, 5) is 22.0. The Morgan fingerprint density at radius 2 is 1.82 bits per heavy atom. The number of pyridine rings is 1. The molecule has 0 aliphatic heterocycles. The van der Waals surface area contributed by atoms with E-state index in [1.54, 1.807) is 0 Å². The molecule has 4 N–H and O–H groups in total. The maximum Gasteiger partial charge on any atom is 0.162 e. The molecular weight excluding hydrogens is 410 g/mol. The van der Waals surface area contributed by atoms with Gasteiger partial charge in [-0.25, -0.2) is 9.97 Å². The number of anilines is 2. The van der Waals surface area contributed by atoms with Crippen LogP contribution in [0.1, 0.15) is 67.2 Å². The van der Waals surface area contributed by atoms with Gasteiger partial charge in [-0.05, 0) is 56.0 Å². The number of para-hydroxylation sites is 1. The van der Waals surface area contributed by atoms with Gasteiger partial charge in [-0.1, -0.05) is 38.0 Å². The van der Waals surface area contributed by atoms with Gasteiger partial charge in [0.25, 0.3) is 0 Å². The van der Waals surface area contributed by atoms with E-state index in [1.807, 2.05) is 43.3 Å². The van der Waals surface area contributed by atoms with Gasteiger partial charge >= 0.3 is 0 Å². The number of imidazole rings is 1. The maximum atomic E-state index is 12.6. The average molecular weight is 444 g/mol. The molecule has 4 rings (SSSR count). The summed E-state index contributed by atoms with van der Waals surface area (Å²) in [6.07, 6.45) is 6.50. The van der Waals surface area contributed by atoms with Crippen molar-refractivity contribution in [2.75, 3.05) is 11.5 Å². The Morgan fingerprint density at radius 3 is 2.61 bits per heavy atom. The molecule has 2 aromatic carbocycles. The zero-order chi connectivity index (χ0) is 23.4. The van der Waals surface area contributed by atoms with Crippen molar-refractivity contribution >= 4 is 39.2 Å². The SMILES string of the molecule is CCCCc1nc2c(N)nc3ccccc3c2n1CCCCCC(=O)c1ccc(N)c(C)c1. The van der Waals surface area contributed by atoms with Crippen molar-refractivity contribution in [3.63, 3.8) is 0 Å². The second kappa shape index (κ2) is 10.0. The van der Waals surface area contributed by atoms with Crippen LogP contribution >= 0.6 is 0 Å². The Kier molecular flexibility index (Phi) is 6.92. The van der Waals surface area contributed by atoms with Crippen LogP contribution in [-0.4, -0.2) is 20.3 Å². The van der Waals surface area contributed by atoms with Gasteiger partial charge < -0.3 is 16.0 Å². The summed E-state index contributed by atoms with van der Waals surface area (Å²) in [5.74, 6) is 1.74. The molecule has 2 aromatic heterocycles. The van der Waals surface area contributed by atoms with E-state index in [-0.39, 0.29) is 5.78 Å². The number of rotatable bonds is 10. The van der Waals surface area contributed by atoms with E-state index < -0.39 is 0 Å². The zero-order valence-corrected chi connectivity index (χ0v) is 19.6. The lowest BCUT2D eigenvalue weighted by Gasteiger charge is -2.11. The van der Waals surface area contributed by atoms with Crippen LogP contribution in [0.25, 0.3) is 21.9 Å². The third-order valence-electron chi connectivity index (χ3n) is 6.32. The zero-order valence-electron chi connectivity index (χ0n) is 19.6. The van der Waals surface area contributed by atoms with E-state index in [4.69, 9.17) is 16.5 Å². The summed E-state index contributed by atoms with van der Waals surface area (Å²) >= 11 is 0. The van der Waals surface area contributed by atoms with Crippen molar-refractivity contribution in [3.8, 4) is 0 Å². The number of hydrogen-bond acceptors (Lipinski definition) is 5. The molecule has 4 aromatic rings. The van der Waals surface area contributed by atoms with Gasteiger partial charge in [-0.15, -0.1) is 0 Å². The molecule has 6 nitrogen and oxygen atoms in total. The number of carbonyl (C=O) groups excluding carboxylic acids is 1. The van der Waals surface area contributed by atoms with Gasteiger partial charge in [0.2, 0.25) is 0 Å². The highest BCUT2D eigenvalue weighted by atomic mass is 16.1. The number of carbonyl (C=O) groups is 1. The molecule has 0 aliphatic rings. The fourth-order valence-corrected chi connectivity index (χ4v) is 4.40. The van der Waals surface area contributed by atoms with Crippen molar-refractivity contribution in [2.24, 2.45) is 0 Å². The van der Waals surface area contributed by atoms with Crippen LogP contribution in [0.15, 0.2) is 42.5 Å². The van der Waals surface area contributed by atoms with Crippen molar-refractivity contribution in [1.82, 2.24) is 14.5 Å². The molecule has 0 radical (unpaired) electrons. The van der Waals surface area contributed by atoms with E-state index in [2.05, 4.69) is 22.5 Å². The number of ketones is 1. The van der Waals surface area contributed by atoms with Crippen LogP contribution in [0, 0.1) is 6.92 Å². The third-order valence-corrected chi connectivity index (χ3v) is 6.32. The Labute approximate surface area is 195 Å². The van der Waals surface area contributed by atoms with Crippen LogP contribution in [0.4, 0.5) is 11.5 Å². The highest BCUT2D eigenvalue weighted by Crippen LogP contribution is 2.29. The molecular formula is C27H33N5O. The summed E-state index contributed by atoms with van der Waals surface area (Å²) in [5, 5.41) is 1.09. The van der Waals surface area contributed by atoms with Crippen molar-refractivity contribution in [2.45, 2.75) is 65.3 Å². The van der Waals surface area contributed by atoms with Crippen LogP contribution in [0.2, 0.25) is 0 Å². The number of Topliss-reactive ketones (excluding diaryl/α,β-unsaturated/α-hetero) is 1. The first-order valence-electron chi connectivity index (χ1n) is 11.9. The highest BCUT2D eigenvalue weighted by Gasteiger charge is 2.17. The number of benzene rings is 2. The fraction of sp³-hybridized carbons (Fsp3) is 0.370. The van der Waals surface area contributed by atoms with E-state index in [1.165, 1.54) is 0 Å². The molecule has 0 amide bonds. The smallest absolute Gasteiger partial charge is 0.162 e. The normalized spacial score (nSPS) is 11.5. The number of unbranched alkanes of at least 4 members (excludes halogenated alkanes) is 3. The van der Waals surface area contributed by atoms with Crippen LogP contribution in [0.5, 0.6) is 0 Å². The number of hydrogen-bond donors (Lipinski definition) is 2. The lowest BCUT2D eigenvalue weighted by atomic mass is 10.0. The van der Waals surface area contributed by atoms with Crippen LogP contribution in [-0.2, 0) is 13.0 Å². The van der Waals surface area contributed by atoms with Gasteiger partial charge in [0.05, 0.1) is 11.0 Å². The molecule has 33 heavy (non-hydrogen) atoms. The third kappa shape index (κ3) is 4.85. The van der Waals surface area contributed by atoms with Gasteiger partial charge in [0, 0.05) is 36.0 Å². The van der Waals surface area contributed by atoms with E-state index in [0.29, 0.717) is 12.2 Å². The quantitative estimate of drug-likeness (QED) is 0.182. The number of nitrogen functional groups attached to an aromatic ring is 2. The largest absolute Gasteiger partial charge is 0.399 e. The highest BCUT2D eigenvalue weighted by molar-refractivity contribution is 6.06. The molecule has 0 saturated heterocycles. The van der Waals surface area contributed by atoms with Crippen molar-refractivity contribution < 1.29 is 4.79 Å². The molecule has 6 heteroatoms. The second-order valence-corrected chi connectivity index (χ2v) is 8.80. The number of nitrogens with two attached hydrogens (primary N) is 2. The number of aryl methyl sites for hydroxylation is 3. The standard InChI is InChI=1S/C27H33N5O/c1-3-4-13-24-31-25-26(20-10-7-8-11-22(20)30-27(25)29)32(24)16-9-5-6-12-23(33)19-14-15-21(28)18(2)17-19/h7-8,10-11,14-15,17H,3-6,9,12-13,16,28H2,1-2H3,(H2,29,30). The first-order chi connectivity index (χ1) is 16.0. The van der Waals surface area contributed by atoms with Gasteiger partial charge in [-0.3, -0.25) is 4.79 Å². The molecule has 0 spiro atoms. The molecule has 0 saturated carbocycles. The number of fused-ring (bicyclic) bond motifs is 3. The summed E-state index contributed by atoms with van der Waals surface area (Å²) in [6, 6.07) is 13.6. The molecule has 0 aliphatic carbocycles. The Balaban J connectivity index is 1.48. The predicted octanol–water partition coefficient (Wildman–Crippen LogP) is 5.84. The molecule has 0 bridgehead atoms. The van der Waals surface area contributed by atoms with Gasteiger partial charge in [0.1, 0.15) is 11.3 Å². The van der Waals surface area contributed by atoms with Crippen molar-refractivity contribution in [3.05, 3.63) is 59.4 Å².